The van der Waals surface area contributed by atoms with Gasteiger partial charge in [0, 0.05) is 52.4 Å². The van der Waals surface area contributed by atoms with Crippen LogP contribution in [0, 0.1) is 5.92 Å². The minimum atomic E-state index is 0.711. The number of hydrogen-bond donors (Lipinski definition) is 1. The minimum absolute atomic E-state index is 0.711. The molecule has 0 bridgehead atoms. The molecule has 1 aliphatic rings. The van der Waals surface area contributed by atoms with Crippen molar-refractivity contribution in [1.29, 1.82) is 0 Å². The molecule has 2 heterocycles. The first-order valence-electron chi connectivity index (χ1n) is 6.72. The van der Waals surface area contributed by atoms with Gasteiger partial charge in [-0.25, -0.2) is 4.98 Å². The van der Waals surface area contributed by atoms with E-state index in [0.29, 0.717) is 5.92 Å². The smallest absolute Gasteiger partial charge is 0.202 e. The summed E-state index contributed by atoms with van der Waals surface area (Å²) >= 11 is 0. The van der Waals surface area contributed by atoms with Gasteiger partial charge in [-0.1, -0.05) is 0 Å². The first kappa shape index (κ1) is 13.4. The predicted molar refractivity (Wildman–Crippen MR) is 70.8 cm³/mol. The number of nitrogens with one attached hydrogen (secondary N) is 1. The van der Waals surface area contributed by atoms with Crippen LogP contribution in [0.15, 0.2) is 12.4 Å². The molecule has 1 saturated heterocycles. The van der Waals surface area contributed by atoms with Gasteiger partial charge in [0.1, 0.15) is 0 Å². The van der Waals surface area contributed by atoms with E-state index in [1.807, 2.05) is 12.4 Å². The topological polar surface area (TPSA) is 48.3 Å². The van der Waals surface area contributed by atoms with Gasteiger partial charge in [-0.15, -0.1) is 0 Å². The standard InChI is InChI=1S/C13H23N3O2/c1-17-8-2-6-16-7-5-14-13(16)15-11-12-3-9-18-10-4-12/h5,7,12H,2-4,6,8-11H2,1H3,(H,14,15). The number of nitrogens with zero attached hydrogens (tertiary/aromatic N) is 2. The average molecular weight is 253 g/mol. The lowest BCUT2D eigenvalue weighted by Crippen LogP contribution is -2.23. The summed E-state index contributed by atoms with van der Waals surface area (Å²) < 4.78 is 12.6. The van der Waals surface area contributed by atoms with Gasteiger partial charge in [-0.2, -0.15) is 0 Å². The minimum Gasteiger partial charge on any atom is -0.385 e. The molecule has 1 fully saturated rings. The fourth-order valence-electron chi connectivity index (χ4n) is 2.22. The molecule has 0 spiro atoms. The number of anilines is 1. The largest absolute Gasteiger partial charge is 0.385 e. The van der Waals surface area contributed by atoms with Crippen molar-refractivity contribution in [3.63, 3.8) is 0 Å². The van der Waals surface area contributed by atoms with Crippen LogP contribution in [0.3, 0.4) is 0 Å². The van der Waals surface area contributed by atoms with E-state index in [0.717, 1.165) is 58.1 Å². The van der Waals surface area contributed by atoms with Crippen molar-refractivity contribution >= 4 is 5.95 Å². The number of methoxy groups -OCH3 is 1. The van der Waals surface area contributed by atoms with Crippen molar-refractivity contribution in [2.45, 2.75) is 25.8 Å². The van der Waals surface area contributed by atoms with E-state index in [4.69, 9.17) is 9.47 Å². The molecule has 0 amide bonds. The van der Waals surface area contributed by atoms with E-state index in [2.05, 4.69) is 14.9 Å². The van der Waals surface area contributed by atoms with Crippen LogP contribution >= 0.6 is 0 Å². The average Bonchev–Trinajstić information content (AvgIpc) is 2.86. The summed E-state index contributed by atoms with van der Waals surface area (Å²) in [5.41, 5.74) is 0. The third-order valence-electron chi connectivity index (χ3n) is 3.35. The van der Waals surface area contributed by atoms with Gasteiger partial charge in [-0.3, -0.25) is 0 Å². The molecule has 5 nitrogen and oxygen atoms in total. The Hall–Kier alpha value is -1.07. The molecule has 5 heteroatoms. The van der Waals surface area contributed by atoms with Gasteiger partial charge >= 0.3 is 0 Å². The molecule has 0 aromatic carbocycles. The van der Waals surface area contributed by atoms with Crippen LogP contribution in [0.1, 0.15) is 19.3 Å². The summed E-state index contributed by atoms with van der Waals surface area (Å²) in [5.74, 6) is 1.68. The molecular formula is C13H23N3O2. The molecular weight excluding hydrogens is 230 g/mol. The predicted octanol–water partition coefficient (Wildman–Crippen LogP) is 1.76. The Bertz CT molecular complexity index is 335. The van der Waals surface area contributed by atoms with Gasteiger partial charge in [0.15, 0.2) is 0 Å². The quantitative estimate of drug-likeness (QED) is 0.752. The summed E-state index contributed by atoms with van der Waals surface area (Å²) in [6.45, 7) is 4.52. The van der Waals surface area contributed by atoms with Crippen LogP contribution in [-0.4, -0.2) is 43.0 Å². The van der Waals surface area contributed by atoms with Crippen LogP contribution in [0.2, 0.25) is 0 Å². The van der Waals surface area contributed by atoms with Gasteiger partial charge in [0.2, 0.25) is 5.95 Å². The number of imidazole rings is 1. The maximum absolute atomic E-state index is 5.36. The lowest BCUT2D eigenvalue weighted by atomic mass is 10.0. The zero-order valence-corrected chi connectivity index (χ0v) is 11.1. The Morgan fingerprint density at radius 1 is 1.50 bits per heavy atom. The molecule has 2 rings (SSSR count). The fraction of sp³-hybridized carbons (Fsp3) is 0.769. The molecule has 0 atom stereocenters. The van der Waals surface area contributed by atoms with Crippen LogP contribution in [0.25, 0.3) is 0 Å². The molecule has 0 unspecified atom stereocenters. The highest BCUT2D eigenvalue weighted by Gasteiger charge is 2.14. The first-order valence-corrected chi connectivity index (χ1v) is 6.72. The zero-order chi connectivity index (χ0) is 12.6. The van der Waals surface area contributed by atoms with E-state index in [9.17, 15) is 0 Å². The van der Waals surface area contributed by atoms with Crippen molar-refractivity contribution < 1.29 is 9.47 Å². The molecule has 0 aliphatic carbocycles. The maximum atomic E-state index is 5.36. The van der Waals surface area contributed by atoms with E-state index < -0.39 is 0 Å². The second-order valence-electron chi connectivity index (χ2n) is 4.73. The second kappa shape index (κ2) is 7.38. The normalized spacial score (nSPS) is 16.9. The summed E-state index contributed by atoms with van der Waals surface area (Å²) in [4.78, 5) is 4.36. The fourth-order valence-corrected chi connectivity index (χ4v) is 2.22. The summed E-state index contributed by atoms with van der Waals surface area (Å²) in [6, 6.07) is 0. The van der Waals surface area contributed by atoms with Gasteiger partial charge < -0.3 is 19.4 Å². The highest BCUT2D eigenvalue weighted by atomic mass is 16.5. The molecule has 102 valence electrons. The highest BCUT2D eigenvalue weighted by Crippen LogP contribution is 2.15. The van der Waals surface area contributed by atoms with Crippen molar-refractivity contribution in [3.8, 4) is 0 Å². The van der Waals surface area contributed by atoms with Crippen molar-refractivity contribution in [3.05, 3.63) is 12.4 Å². The monoisotopic (exact) mass is 253 g/mol. The molecule has 1 aromatic rings. The van der Waals surface area contributed by atoms with Gasteiger partial charge in [0.25, 0.3) is 0 Å². The Kier molecular flexibility index (Phi) is 5.48. The first-order chi connectivity index (χ1) is 8.90. The van der Waals surface area contributed by atoms with E-state index in [-0.39, 0.29) is 0 Å². The molecule has 0 radical (unpaired) electrons. The molecule has 1 aromatic heterocycles. The van der Waals surface area contributed by atoms with Gasteiger partial charge in [-0.05, 0) is 25.2 Å². The molecule has 1 N–H and O–H groups in total. The summed E-state index contributed by atoms with van der Waals surface area (Å²) in [6.07, 6.45) is 7.18. The molecule has 18 heavy (non-hydrogen) atoms. The summed E-state index contributed by atoms with van der Waals surface area (Å²) in [7, 11) is 1.73. The van der Waals surface area contributed by atoms with Crippen LogP contribution < -0.4 is 5.32 Å². The van der Waals surface area contributed by atoms with E-state index in [1.165, 1.54) is 0 Å². The number of hydrogen-bond acceptors (Lipinski definition) is 4. The Morgan fingerprint density at radius 3 is 3.11 bits per heavy atom. The third kappa shape index (κ3) is 3.99. The van der Waals surface area contributed by atoms with Crippen LogP contribution in [0.5, 0.6) is 0 Å². The lowest BCUT2D eigenvalue weighted by molar-refractivity contribution is 0.0699. The van der Waals surface area contributed by atoms with Crippen molar-refractivity contribution in [2.75, 3.05) is 38.8 Å². The Balaban J connectivity index is 1.75. The van der Waals surface area contributed by atoms with Crippen LogP contribution in [-0.2, 0) is 16.0 Å². The maximum Gasteiger partial charge on any atom is 0.202 e. The van der Waals surface area contributed by atoms with Crippen molar-refractivity contribution in [2.24, 2.45) is 5.92 Å². The van der Waals surface area contributed by atoms with Crippen molar-refractivity contribution in [1.82, 2.24) is 9.55 Å². The van der Waals surface area contributed by atoms with E-state index in [1.54, 1.807) is 7.11 Å². The Labute approximate surface area is 108 Å². The zero-order valence-electron chi connectivity index (χ0n) is 11.1. The third-order valence-corrected chi connectivity index (χ3v) is 3.35. The van der Waals surface area contributed by atoms with Crippen LogP contribution in [0.4, 0.5) is 5.95 Å². The Morgan fingerprint density at radius 2 is 2.33 bits per heavy atom. The number of rotatable bonds is 7. The van der Waals surface area contributed by atoms with Gasteiger partial charge in [0.05, 0.1) is 0 Å². The number of ether oxygens (including phenoxy) is 2. The summed E-state index contributed by atoms with van der Waals surface area (Å²) in [5, 5.41) is 3.45. The SMILES string of the molecule is COCCCn1ccnc1NCC1CCOCC1. The molecule has 1 aliphatic heterocycles. The number of aromatic nitrogens is 2. The van der Waals surface area contributed by atoms with E-state index >= 15 is 0 Å². The molecule has 0 saturated carbocycles. The highest BCUT2D eigenvalue weighted by molar-refractivity contribution is 5.25. The second-order valence-corrected chi connectivity index (χ2v) is 4.73. The number of aryl methyl sites for hydroxylation is 1. The lowest BCUT2D eigenvalue weighted by Gasteiger charge is -2.22.